The monoisotopic (exact) mass is 212 g/mol. The van der Waals surface area contributed by atoms with E-state index < -0.39 is 0 Å². The maximum Gasteiger partial charge on any atom is 0.0598 e. The van der Waals surface area contributed by atoms with E-state index in [1.54, 1.807) is 0 Å². The summed E-state index contributed by atoms with van der Waals surface area (Å²) in [6, 6.07) is 7.90. The highest BCUT2D eigenvalue weighted by molar-refractivity contribution is 6.30. The molecule has 0 bridgehead atoms. The van der Waals surface area contributed by atoms with Gasteiger partial charge in [-0.05, 0) is 44.9 Å². The lowest BCUT2D eigenvalue weighted by atomic mass is 10.1. The maximum atomic E-state index is 5.87. The normalized spacial score (nSPS) is 11.7. The Morgan fingerprint density at radius 1 is 1.29 bits per heavy atom. The lowest BCUT2D eigenvalue weighted by Crippen LogP contribution is -2.20. The number of hydrogen-bond donors (Lipinski definition) is 0. The average molecular weight is 213 g/mol. The van der Waals surface area contributed by atoms with E-state index in [9.17, 15) is 0 Å². The second-order valence-corrected chi connectivity index (χ2v) is 4.78. The van der Waals surface area contributed by atoms with E-state index in [4.69, 9.17) is 16.3 Å². The lowest BCUT2D eigenvalue weighted by molar-refractivity contribution is -0.000974. The van der Waals surface area contributed by atoms with Crippen LogP contribution in [-0.2, 0) is 11.2 Å². The number of rotatable bonds is 3. The molecule has 1 aromatic rings. The minimum Gasteiger partial charge on any atom is -0.376 e. The highest BCUT2D eigenvalue weighted by atomic mass is 35.5. The zero-order valence-corrected chi connectivity index (χ0v) is 9.77. The average Bonchev–Trinajstić information content (AvgIpc) is 2.01. The molecule has 0 N–H and O–H groups in total. The van der Waals surface area contributed by atoms with Gasteiger partial charge in [-0.3, -0.25) is 0 Å². The summed E-state index contributed by atoms with van der Waals surface area (Å²) in [5.74, 6) is 0. The first-order chi connectivity index (χ1) is 6.47. The Labute approximate surface area is 91.0 Å². The minimum atomic E-state index is -0.0570. The third kappa shape index (κ3) is 4.64. The van der Waals surface area contributed by atoms with Crippen LogP contribution < -0.4 is 0 Å². The van der Waals surface area contributed by atoms with Crippen LogP contribution in [-0.4, -0.2) is 12.2 Å². The molecule has 0 aromatic heterocycles. The molecule has 2 heteroatoms. The molecule has 0 unspecified atom stereocenters. The molecular formula is C12H17ClO. The topological polar surface area (TPSA) is 9.23 Å². The summed E-state index contributed by atoms with van der Waals surface area (Å²) in [7, 11) is 0. The van der Waals surface area contributed by atoms with E-state index in [1.165, 1.54) is 5.56 Å². The Morgan fingerprint density at radius 2 is 2.00 bits per heavy atom. The Balaban J connectivity index is 2.39. The number of halogens is 1. The van der Waals surface area contributed by atoms with Crippen LogP contribution >= 0.6 is 11.6 Å². The standard InChI is InChI=1S/C12H17ClO/c1-12(2,3)14-8-7-10-5-4-6-11(13)9-10/h4-6,9H,7-8H2,1-3H3. The summed E-state index contributed by atoms with van der Waals surface area (Å²) in [6.45, 7) is 6.92. The molecule has 1 nitrogen and oxygen atoms in total. The van der Waals surface area contributed by atoms with Gasteiger partial charge in [-0.25, -0.2) is 0 Å². The van der Waals surface area contributed by atoms with E-state index in [1.807, 2.05) is 18.2 Å². The van der Waals surface area contributed by atoms with Crippen molar-refractivity contribution in [3.63, 3.8) is 0 Å². The molecule has 0 aliphatic rings. The van der Waals surface area contributed by atoms with E-state index >= 15 is 0 Å². The van der Waals surface area contributed by atoms with Crippen molar-refractivity contribution in [2.75, 3.05) is 6.61 Å². The lowest BCUT2D eigenvalue weighted by Gasteiger charge is -2.19. The summed E-state index contributed by atoms with van der Waals surface area (Å²) in [5.41, 5.74) is 1.17. The van der Waals surface area contributed by atoms with Gasteiger partial charge < -0.3 is 4.74 Å². The molecular weight excluding hydrogens is 196 g/mol. The zero-order chi connectivity index (χ0) is 10.6. The van der Waals surface area contributed by atoms with Crippen molar-refractivity contribution in [1.82, 2.24) is 0 Å². The molecule has 0 saturated carbocycles. The third-order valence-corrected chi connectivity index (χ3v) is 2.05. The fourth-order valence-electron chi connectivity index (χ4n) is 1.17. The highest BCUT2D eigenvalue weighted by Gasteiger charge is 2.09. The van der Waals surface area contributed by atoms with E-state index in [0.717, 1.165) is 18.1 Å². The SMILES string of the molecule is CC(C)(C)OCCc1cccc(Cl)c1. The van der Waals surface area contributed by atoms with Crippen LogP contribution in [0.1, 0.15) is 26.3 Å². The fraction of sp³-hybridized carbons (Fsp3) is 0.500. The molecule has 1 rings (SSSR count). The minimum absolute atomic E-state index is 0.0570. The van der Waals surface area contributed by atoms with E-state index in [-0.39, 0.29) is 5.60 Å². The molecule has 0 heterocycles. The summed E-state index contributed by atoms with van der Waals surface area (Å²) >= 11 is 5.87. The van der Waals surface area contributed by atoms with Crippen LogP contribution in [0, 0.1) is 0 Å². The molecule has 0 radical (unpaired) electrons. The molecule has 14 heavy (non-hydrogen) atoms. The first-order valence-electron chi connectivity index (χ1n) is 4.86. The van der Waals surface area contributed by atoms with E-state index in [2.05, 4.69) is 26.8 Å². The maximum absolute atomic E-state index is 5.87. The van der Waals surface area contributed by atoms with Gasteiger partial charge in [-0.2, -0.15) is 0 Å². The molecule has 0 spiro atoms. The molecule has 0 saturated heterocycles. The van der Waals surface area contributed by atoms with Crippen LogP contribution in [0.4, 0.5) is 0 Å². The van der Waals surface area contributed by atoms with Crippen LogP contribution in [0.25, 0.3) is 0 Å². The van der Waals surface area contributed by atoms with Crippen LogP contribution in [0.5, 0.6) is 0 Å². The summed E-state index contributed by atoms with van der Waals surface area (Å²) < 4.78 is 5.63. The van der Waals surface area contributed by atoms with Crippen LogP contribution in [0.15, 0.2) is 24.3 Å². The van der Waals surface area contributed by atoms with Gasteiger partial charge in [0.1, 0.15) is 0 Å². The summed E-state index contributed by atoms with van der Waals surface area (Å²) in [4.78, 5) is 0. The Kier molecular flexibility index (Phi) is 3.97. The molecule has 0 aliphatic carbocycles. The quantitative estimate of drug-likeness (QED) is 0.743. The first-order valence-corrected chi connectivity index (χ1v) is 5.23. The number of benzene rings is 1. The van der Waals surface area contributed by atoms with Gasteiger partial charge in [0, 0.05) is 5.02 Å². The van der Waals surface area contributed by atoms with Crippen LogP contribution in [0.2, 0.25) is 5.02 Å². The predicted octanol–water partition coefficient (Wildman–Crippen LogP) is 3.70. The second-order valence-electron chi connectivity index (χ2n) is 4.34. The van der Waals surface area contributed by atoms with Crippen molar-refractivity contribution in [3.8, 4) is 0 Å². The Hall–Kier alpha value is -0.530. The van der Waals surface area contributed by atoms with Crippen molar-refractivity contribution >= 4 is 11.6 Å². The van der Waals surface area contributed by atoms with Gasteiger partial charge in [0.2, 0.25) is 0 Å². The van der Waals surface area contributed by atoms with Crippen molar-refractivity contribution in [3.05, 3.63) is 34.9 Å². The number of hydrogen-bond acceptors (Lipinski definition) is 1. The van der Waals surface area contributed by atoms with Crippen molar-refractivity contribution in [1.29, 1.82) is 0 Å². The Morgan fingerprint density at radius 3 is 2.57 bits per heavy atom. The Bertz CT molecular complexity index is 289. The molecule has 0 aliphatic heterocycles. The molecule has 0 fully saturated rings. The van der Waals surface area contributed by atoms with E-state index in [0.29, 0.717) is 0 Å². The second kappa shape index (κ2) is 4.81. The smallest absolute Gasteiger partial charge is 0.0598 e. The van der Waals surface area contributed by atoms with Gasteiger partial charge in [-0.1, -0.05) is 23.7 Å². The molecule has 1 aromatic carbocycles. The van der Waals surface area contributed by atoms with Gasteiger partial charge >= 0.3 is 0 Å². The zero-order valence-electron chi connectivity index (χ0n) is 9.01. The summed E-state index contributed by atoms with van der Waals surface area (Å²) in [5, 5.41) is 0.790. The summed E-state index contributed by atoms with van der Waals surface area (Å²) in [6.07, 6.45) is 0.915. The first kappa shape index (κ1) is 11.5. The molecule has 0 atom stereocenters. The van der Waals surface area contributed by atoms with Crippen molar-refractivity contribution in [2.45, 2.75) is 32.8 Å². The van der Waals surface area contributed by atoms with Crippen molar-refractivity contribution in [2.24, 2.45) is 0 Å². The molecule has 78 valence electrons. The van der Waals surface area contributed by atoms with Gasteiger partial charge in [0.15, 0.2) is 0 Å². The predicted molar refractivity (Wildman–Crippen MR) is 60.9 cm³/mol. The van der Waals surface area contributed by atoms with Crippen molar-refractivity contribution < 1.29 is 4.74 Å². The van der Waals surface area contributed by atoms with Gasteiger partial charge in [-0.15, -0.1) is 0 Å². The highest BCUT2D eigenvalue weighted by Crippen LogP contribution is 2.12. The van der Waals surface area contributed by atoms with Crippen LogP contribution in [0.3, 0.4) is 0 Å². The number of ether oxygens (including phenoxy) is 1. The van der Waals surface area contributed by atoms with Gasteiger partial charge in [0.25, 0.3) is 0 Å². The third-order valence-electron chi connectivity index (χ3n) is 1.81. The fourth-order valence-corrected chi connectivity index (χ4v) is 1.38. The largest absolute Gasteiger partial charge is 0.376 e. The van der Waals surface area contributed by atoms with Gasteiger partial charge in [0.05, 0.1) is 12.2 Å². The molecule has 0 amide bonds.